The Morgan fingerprint density at radius 3 is 0.462 bits per heavy atom. The molecule has 190 valence electrons. The van der Waals surface area contributed by atoms with E-state index in [1.54, 1.807) is 0 Å². The van der Waals surface area contributed by atoms with Gasteiger partial charge in [0.15, 0.2) is 0 Å². The van der Waals surface area contributed by atoms with Crippen LogP contribution in [0.3, 0.4) is 0 Å². The van der Waals surface area contributed by atoms with Crippen LogP contribution >= 0.6 is 0 Å². The van der Waals surface area contributed by atoms with Gasteiger partial charge in [-0.05, 0) is 0 Å². The molecule has 6 aromatic carbocycles. The first-order valence-corrected chi connectivity index (χ1v) is 21.5. The van der Waals surface area contributed by atoms with Crippen LogP contribution in [0.1, 0.15) is 0 Å². The fourth-order valence-electron chi connectivity index (χ4n) is 4.63. The number of hydrogen-bond donors (Lipinski definition) is 0. The predicted octanol–water partition coefficient (Wildman–Crippen LogP) is 3.58. The van der Waals surface area contributed by atoms with Gasteiger partial charge >= 0.3 is 243 Å². The molecule has 0 amide bonds. The Morgan fingerprint density at radius 2 is 0.333 bits per heavy atom. The third-order valence-electron chi connectivity index (χ3n) is 6.37. The van der Waals surface area contributed by atoms with Crippen LogP contribution in [-0.2, 0) is 0 Å². The molecule has 0 saturated heterocycles. The van der Waals surface area contributed by atoms with Crippen molar-refractivity contribution in [3.05, 3.63) is 182 Å². The molecule has 6 aromatic rings. The van der Waals surface area contributed by atoms with Gasteiger partial charge in [0.1, 0.15) is 0 Å². The van der Waals surface area contributed by atoms with E-state index in [4.69, 9.17) is 0 Å². The van der Waals surface area contributed by atoms with Crippen LogP contribution in [0.2, 0.25) is 0 Å². The average Bonchev–Trinajstić information content (AvgIpc) is 3.01. The summed E-state index contributed by atoms with van der Waals surface area (Å²) >= 11 is -3.96. The van der Waals surface area contributed by atoms with Crippen molar-refractivity contribution < 1.29 is 5.48 Å². The Bertz CT molecular complexity index is 1170. The van der Waals surface area contributed by atoms with Crippen molar-refractivity contribution in [2.75, 3.05) is 0 Å². The average molecular weight is 718 g/mol. The van der Waals surface area contributed by atoms with E-state index < -0.39 is 39.5 Å². The van der Waals surface area contributed by atoms with Crippen molar-refractivity contribution in [3.63, 3.8) is 0 Å². The summed E-state index contributed by atoms with van der Waals surface area (Å²) in [4.78, 5) is 0. The molecule has 3 heteroatoms. The van der Waals surface area contributed by atoms with E-state index in [-0.39, 0.29) is 5.48 Å². The molecular formula is C36H32OSn2. The molecule has 1 nitrogen and oxygen atoms in total. The van der Waals surface area contributed by atoms with E-state index in [0.717, 1.165) is 0 Å². The molecule has 0 aliphatic heterocycles. The second-order valence-electron chi connectivity index (χ2n) is 8.95. The molecular weight excluding hydrogens is 686 g/mol. The third kappa shape index (κ3) is 7.95. The number of benzene rings is 6. The van der Waals surface area contributed by atoms with Gasteiger partial charge in [-0.15, -0.1) is 0 Å². The molecule has 39 heavy (non-hydrogen) atoms. The van der Waals surface area contributed by atoms with E-state index in [1.165, 1.54) is 21.5 Å². The fourth-order valence-corrected chi connectivity index (χ4v) is 19.3. The van der Waals surface area contributed by atoms with Gasteiger partial charge in [0.05, 0.1) is 0 Å². The topological polar surface area (TPSA) is 31.5 Å². The molecule has 0 atom stereocenters. The van der Waals surface area contributed by atoms with E-state index in [1.807, 2.05) is 0 Å². The first-order valence-electron chi connectivity index (χ1n) is 13.0. The van der Waals surface area contributed by atoms with Gasteiger partial charge in [-0.25, -0.2) is 0 Å². The second kappa shape index (κ2) is 15.5. The molecule has 0 saturated carbocycles. The summed E-state index contributed by atoms with van der Waals surface area (Å²) in [6.07, 6.45) is 0. The minimum absolute atomic E-state index is 0. The van der Waals surface area contributed by atoms with Crippen LogP contribution in [0.15, 0.2) is 182 Å². The third-order valence-corrected chi connectivity index (χ3v) is 22.0. The molecule has 0 aromatic heterocycles. The summed E-state index contributed by atoms with van der Waals surface area (Å²) in [6, 6.07) is 65.9. The van der Waals surface area contributed by atoms with Crippen LogP contribution in [0.5, 0.6) is 0 Å². The summed E-state index contributed by atoms with van der Waals surface area (Å²) < 4.78 is 9.18. The quantitative estimate of drug-likeness (QED) is 0.236. The van der Waals surface area contributed by atoms with Gasteiger partial charge in [-0.1, -0.05) is 0 Å². The Balaban J connectivity index is 0.000000176. The Labute approximate surface area is 246 Å². The summed E-state index contributed by atoms with van der Waals surface area (Å²) in [6.45, 7) is 0. The molecule has 2 N–H and O–H groups in total. The fraction of sp³-hybridized carbons (Fsp3) is 0. The van der Waals surface area contributed by atoms with Gasteiger partial charge in [-0.2, -0.15) is 0 Å². The van der Waals surface area contributed by atoms with E-state index in [9.17, 15) is 0 Å². The summed E-state index contributed by atoms with van der Waals surface area (Å²) in [7, 11) is 0. The van der Waals surface area contributed by atoms with E-state index >= 15 is 0 Å². The van der Waals surface area contributed by atoms with E-state index in [2.05, 4.69) is 182 Å². The Kier molecular flexibility index (Phi) is 11.4. The zero-order valence-corrected chi connectivity index (χ0v) is 27.5. The molecule has 0 bridgehead atoms. The van der Waals surface area contributed by atoms with Crippen LogP contribution in [-0.4, -0.2) is 45.0 Å². The summed E-state index contributed by atoms with van der Waals surface area (Å²) in [5.74, 6) is 0. The van der Waals surface area contributed by atoms with Gasteiger partial charge in [0.25, 0.3) is 0 Å². The zero-order valence-electron chi connectivity index (χ0n) is 21.8. The first kappa shape index (κ1) is 28.9. The van der Waals surface area contributed by atoms with Crippen molar-refractivity contribution in [2.24, 2.45) is 0 Å². The molecule has 6 rings (SSSR count). The maximum atomic E-state index is 2.29. The Morgan fingerprint density at radius 1 is 0.205 bits per heavy atom. The van der Waals surface area contributed by atoms with Crippen molar-refractivity contribution in [1.82, 2.24) is 0 Å². The van der Waals surface area contributed by atoms with Crippen LogP contribution < -0.4 is 21.5 Å². The second-order valence-corrected chi connectivity index (χ2v) is 23.1. The zero-order chi connectivity index (χ0) is 25.8. The number of hydrogen-bond acceptors (Lipinski definition) is 0. The molecule has 0 fully saturated rings. The minimum atomic E-state index is -1.98. The molecule has 0 unspecified atom stereocenters. The monoisotopic (exact) mass is 720 g/mol. The van der Waals surface area contributed by atoms with Gasteiger partial charge in [0, 0.05) is 0 Å². The molecule has 0 heterocycles. The van der Waals surface area contributed by atoms with Gasteiger partial charge in [-0.3, -0.25) is 0 Å². The Hall–Kier alpha value is -3.12. The van der Waals surface area contributed by atoms with E-state index in [0.29, 0.717) is 0 Å². The van der Waals surface area contributed by atoms with Crippen LogP contribution in [0.4, 0.5) is 0 Å². The van der Waals surface area contributed by atoms with Gasteiger partial charge < -0.3 is 5.48 Å². The van der Waals surface area contributed by atoms with Crippen molar-refractivity contribution in [3.8, 4) is 0 Å². The predicted molar refractivity (Wildman–Crippen MR) is 172 cm³/mol. The van der Waals surface area contributed by atoms with Crippen molar-refractivity contribution in [2.45, 2.75) is 0 Å². The van der Waals surface area contributed by atoms with Crippen molar-refractivity contribution in [1.29, 1.82) is 0 Å². The SMILES string of the molecule is O.c1cc[c]([Sn]([c]2ccccc2)[c]2ccccc2)cc1.c1cc[c]([Sn]([c]2ccccc2)[c]2ccccc2)cc1. The van der Waals surface area contributed by atoms with Crippen LogP contribution in [0, 0.1) is 0 Å². The standard InChI is InChI=1S/6C6H5.H2O.2Sn/c6*1-2-4-6-5-3-1;;;/h6*1-5H;1H2;;. The van der Waals surface area contributed by atoms with Gasteiger partial charge in [0.2, 0.25) is 0 Å². The molecule has 0 aliphatic rings. The molecule has 0 spiro atoms. The van der Waals surface area contributed by atoms with Crippen molar-refractivity contribution >= 4 is 61.0 Å². The van der Waals surface area contributed by atoms with Crippen LogP contribution in [0.25, 0.3) is 0 Å². The molecule has 2 radical (unpaired) electrons. The summed E-state index contributed by atoms with van der Waals surface area (Å²) in [5, 5.41) is 0. The normalized spacial score (nSPS) is 10.3. The molecule has 0 aliphatic carbocycles. The maximum absolute atomic E-state index is 2.29. The number of rotatable bonds is 6. The summed E-state index contributed by atoms with van der Waals surface area (Å²) in [5.41, 5.74) is 0. The first-order chi connectivity index (χ1) is 18.9.